The number of nitriles is 1. The molecule has 7 nitrogen and oxygen atoms in total. The molecule has 0 spiro atoms. The molecular formula is C29H43N3O4S. The topological polar surface area (TPSA) is 112 Å². The molecule has 4 aliphatic carbocycles. The number of hydrogen-bond acceptors (Lipinski definition) is 6. The first-order valence-corrected chi connectivity index (χ1v) is 15.8. The third-order valence-electron chi connectivity index (χ3n) is 10.8. The highest BCUT2D eigenvalue weighted by atomic mass is 32.2. The van der Waals surface area contributed by atoms with Gasteiger partial charge in [0.25, 0.3) is 10.0 Å². The number of aromatic nitrogens is 1. The van der Waals surface area contributed by atoms with Gasteiger partial charge in [-0.2, -0.15) is 5.26 Å². The summed E-state index contributed by atoms with van der Waals surface area (Å²) in [5.41, 5.74) is -0.165. The van der Waals surface area contributed by atoms with Crippen LogP contribution in [-0.2, 0) is 14.8 Å². The molecule has 4 aliphatic rings. The third-order valence-corrected chi connectivity index (χ3v) is 12.3. The van der Waals surface area contributed by atoms with Crippen LogP contribution in [0.25, 0.3) is 0 Å². The van der Waals surface area contributed by atoms with Gasteiger partial charge in [0.15, 0.2) is 5.03 Å². The fourth-order valence-corrected chi connectivity index (χ4v) is 10.5. The van der Waals surface area contributed by atoms with Crippen LogP contribution in [0, 0.1) is 52.3 Å². The van der Waals surface area contributed by atoms with E-state index in [0.29, 0.717) is 48.4 Å². The minimum absolute atomic E-state index is 0.0262. The van der Waals surface area contributed by atoms with Gasteiger partial charge in [0.05, 0.1) is 17.8 Å². The molecule has 9 atom stereocenters. The monoisotopic (exact) mass is 529 g/mol. The lowest BCUT2D eigenvalue weighted by Gasteiger charge is -2.57. The van der Waals surface area contributed by atoms with Crippen molar-refractivity contribution in [2.75, 3.05) is 13.2 Å². The van der Waals surface area contributed by atoms with E-state index in [1.54, 1.807) is 0 Å². The fraction of sp³-hybridized carbons (Fsp3) is 0.793. The maximum atomic E-state index is 13.1. The van der Waals surface area contributed by atoms with Gasteiger partial charge in [-0.1, -0.05) is 6.92 Å². The molecule has 1 heterocycles. The van der Waals surface area contributed by atoms with Gasteiger partial charge >= 0.3 is 0 Å². The van der Waals surface area contributed by atoms with Crippen LogP contribution in [0.5, 0.6) is 0 Å². The number of hydrogen-bond donors (Lipinski definition) is 2. The number of nitrogens with one attached hydrogen (secondary N) is 1. The second kappa shape index (κ2) is 10.2. The number of nitrogens with zero attached hydrogens (tertiary/aromatic N) is 2. The van der Waals surface area contributed by atoms with Gasteiger partial charge in [-0.3, -0.25) is 0 Å². The van der Waals surface area contributed by atoms with Crippen LogP contribution in [0.4, 0.5) is 0 Å². The summed E-state index contributed by atoms with van der Waals surface area (Å²) in [4.78, 5) is 4.02. The van der Waals surface area contributed by atoms with Gasteiger partial charge in [-0.05, 0) is 125 Å². The highest BCUT2D eigenvalue weighted by molar-refractivity contribution is 7.89. The number of aliphatic hydroxyl groups is 1. The standard InChI is InChI=1S/C29H43N3O4S/c1-4-36-18-29(33)14-12-22-21(15-29)6-7-24-23(22)11-13-28(3)25(8-9-26(24)28)19(2)32-37(34,35)27-10-5-20(16-30)17-31-27/h5,10,17,19,21-26,32-33H,4,6-9,11-15,18H2,1-3H3/t19-,21-,22+,23-,24-,25-,26+,28-,29-/m1/s1. The number of rotatable bonds is 7. The van der Waals surface area contributed by atoms with E-state index in [2.05, 4.69) is 16.6 Å². The Kier molecular flexibility index (Phi) is 7.47. The zero-order chi connectivity index (χ0) is 26.4. The molecule has 4 fully saturated rings. The summed E-state index contributed by atoms with van der Waals surface area (Å²) in [5, 5.41) is 20.1. The molecule has 0 aliphatic heterocycles. The molecule has 2 N–H and O–H groups in total. The summed E-state index contributed by atoms with van der Waals surface area (Å²) in [6, 6.07) is 4.72. The van der Waals surface area contributed by atoms with E-state index in [1.165, 1.54) is 44.0 Å². The molecule has 37 heavy (non-hydrogen) atoms. The summed E-state index contributed by atoms with van der Waals surface area (Å²) in [5.74, 6) is 3.71. The first kappa shape index (κ1) is 27.1. The Morgan fingerprint density at radius 2 is 1.95 bits per heavy atom. The van der Waals surface area contributed by atoms with E-state index >= 15 is 0 Å². The Morgan fingerprint density at radius 3 is 2.65 bits per heavy atom. The largest absolute Gasteiger partial charge is 0.387 e. The number of fused-ring (bicyclic) bond motifs is 5. The van der Waals surface area contributed by atoms with E-state index < -0.39 is 15.6 Å². The third kappa shape index (κ3) is 4.97. The van der Waals surface area contributed by atoms with Gasteiger partial charge in [0.1, 0.15) is 6.07 Å². The predicted molar refractivity (Wildman–Crippen MR) is 141 cm³/mol. The van der Waals surface area contributed by atoms with Crippen molar-refractivity contribution in [2.24, 2.45) is 40.9 Å². The maximum Gasteiger partial charge on any atom is 0.258 e. The Balaban J connectivity index is 1.26. The van der Waals surface area contributed by atoms with Gasteiger partial charge in [0, 0.05) is 18.8 Å². The van der Waals surface area contributed by atoms with Crippen molar-refractivity contribution < 1.29 is 18.3 Å². The second-order valence-corrected chi connectivity index (χ2v) is 14.3. The lowest BCUT2D eigenvalue weighted by atomic mass is 9.48. The van der Waals surface area contributed by atoms with Crippen molar-refractivity contribution >= 4 is 10.0 Å². The Bertz CT molecular complexity index is 1120. The molecule has 1 aromatic heterocycles. The van der Waals surface area contributed by atoms with E-state index in [9.17, 15) is 13.5 Å². The van der Waals surface area contributed by atoms with Crippen molar-refractivity contribution in [3.63, 3.8) is 0 Å². The minimum Gasteiger partial charge on any atom is -0.387 e. The second-order valence-electron chi connectivity index (χ2n) is 12.7. The van der Waals surface area contributed by atoms with Crippen LogP contribution in [0.3, 0.4) is 0 Å². The van der Waals surface area contributed by atoms with E-state index in [4.69, 9.17) is 10.00 Å². The van der Waals surface area contributed by atoms with Crippen LogP contribution >= 0.6 is 0 Å². The quantitative estimate of drug-likeness (QED) is 0.531. The summed E-state index contributed by atoms with van der Waals surface area (Å²) < 4.78 is 34.7. The van der Waals surface area contributed by atoms with Gasteiger partial charge in [0.2, 0.25) is 0 Å². The molecule has 0 aromatic carbocycles. The van der Waals surface area contributed by atoms with E-state index in [-0.39, 0.29) is 16.5 Å². The van der Waals surface area contributed by atoms with Crippen LogP contribution < -0.4 is 4.72 Å². The highest BCUT2D eigenvalue weighted by Gasteiger charge is 2.58. The van der Waals surface area contributed by atoms with Crippen LogP contribution in [0.15, 0.2) is 23.4 Å². The molecule has 0 radical (unpaired) electrons. The molecule has 0 saturated heterocycles. The molecule has 5 rings (SSSR count). The molecule has 4 saturated carbocycles. The lowest BCUT2D eigenvalue weighted by molar-refractivity contribution is -0.128. The smallest absolute Gasteiger partial charge is 0.258 e. The van der Waals surface area contributed by atoms with Crippen molar-refractivity contribution in [1.29, 1.82) is 5.26 Å². The van der Waals surface area contributed by atoms with Gasteiger partial charge in [-0.25, -0.2) is 18.1 Å². The Labute approximate surface area is 222 Å². The Morgan fingerprint density at radius 1 is 1.16 bits per heavy atom. The number of sulfonamides is 1. The first-order valence-electron chi connectivity index (χ1n) is 14.3. The SMILES string of the molecule is CCOC[C@@]1(O)CC[C@H]2[C@H](CC[C@@H]3[C@@H]2CC[C@]2(C)[C@@H]([C@@H](C)NS(=O)(=O)c4ccc(C#N)cn4)CC[C@@H]32)C1. The molecule has 0 bridgehead atoms. The molecule has 0 unspecified atom stereocenters. The highest BCUT2D eigenvalue weighted by Crippen LogP contribution is 2.65. The van der Waals surface area contributed by atoms with Crippen molar-refractivity contribution in [3.8, 4) is 6.07 Å². The predicted octanol–water partition coefficient (Wildman–Crippen LogP) is 4.66. The summed E-state index contributed by atoms with van der Waals surface area (Å²) >= 11 is 0. The normalized spacial score (nSPS) is 40.2. The Hall–Kier alpha value is -1.53. The van der Waals surface area contributed by atoms with Gasteiger partial charge in [-0.15, -0.1) is 0 Å². The molecule has 1 aromatic rings. The van der Waals surface area contributed by atoms with Gasteiger partial charge < -0.3 is 9.84 Å². The summed E-state index contributed by atoms with van der Waals surface area (Å²) in [7, 11) is -3.75. The zero-order valence-electron chi connectivity index (χ0n) is 22.5. The van der Waals surface area contributed by atoms with Crippen molar-refractivity contribution in [2.45, 2.75) is 95.2 Å². The van der Waals surface area contributed by atoms with E-state index in [1.807, 2.05) is 19.9 Å². The van der Waals surface area contributed by atoms with Crippen LogP contribution in [0.1, 0.15) is 84.1 Å². The first-order chi connectivity index (χ1) is 17.6. The van der Waals surface area contributed by atoms with Crippen molar-refractivity contribution in [1.82, 2.24) is 9.71 Å². The van der Waals surface area contributed by atoms with Crippen molar-refractivity contribution in [3.05, 3.63) is 23.9 Å². The summed E-state index contributed by atoms with van der Waals surface area (Å²) in [6.07, 6.45) is 11.2. The van der Waals surface area contributed by atoms with Crippen LogP contribution in [0.2, 0.25) is 0 Å². The number of ether oxygens (including phenoxy) is 1. The summed E-state index contributed by atoms with van der Waals surface area (Å²) in [6.45, 7) is 7.55. The molecule has 8 heteroatoms. The number of pyridine rings is 1. The maximum absolute atomic E-state index is 13.1. The van der Waals surface area contributed by atoms with Crippen LogP contribution in [-0.4, -0.2) is 43.4 Å². The zero-order valence-corrected chi connectivity index (χ0v) is 23.3. The fourth-order valence-electron chi connectivity index (χ4n) is 9.24. The molecular weight excluding hydrogens is 486 g/mol. The minimum atomic E-state index is -3.75. The molecule has 204 valence electrons. The molecule has 0 amide bonds. The van der Waals surface area contributed by atoms with E-state index in [0.717, 1.165) is 38.0 Å². The lowest BCUT2D eigenvalue weighted by Crippen LogP contribution is -2.53. The average Bonchev–Trinajstić information content (AvgIpc) is 3.24. The average molecular weight is 530 g/mol.